The van der Waals surface area contributed by atoms with E-state index in [0.29, 0.717) is 12.2 Å². The van der Waals surface area contributed by atoms with E-state index in [1.54, 1.807) is 4.68 Å². The van der Waals surface area contributed by atoms with Crippen LogP contribution in [0.25, 0.3) is 12.2 Å². The average Bonchev–Trinajstić information content (AvgIpc) is 3.02. The van der Waals surface area contributed by atoms with Crippen molar-refractivity contribution in [3.8, 4) is 0 Å². The summed E-state index contributed by atoms with van der Waals surface area (Å²) in [6.45, 7) is 0.607. The van der Waals surface area contributed by atoms with Crippen molar-refractivity contribution in [1.29, 1.82) is 0 Å². The van der Waals surface area contributed by atoms with E-state index in [4.69, 9.17) is 4.52 Å². The molecule has 6 heteroatoms. The van der Waals surface area contributed by atoms with Crippen molar-refractivity contribution >= 4 is 18.0 Å². The second-order valence-corrected chi connectivity index (χ2v) is 5.15. The van der Waals surface area contributed by atoms with Gasteiger partial charge in [0.1, 0.15) is 0 Å². The van der Waals surface area contributed by atoms with Crippen molar-refractivity contribution in [2.45, 2.75) is 13.0 Å². The largest absolute Gasteiger partial charge is 0.775 e. The molecule has 0 fully saturated rings. The van der Waals surface area contributed by atoms with Gasteiger partial charge in [-0.1, -0.05) is 60.7 Å². The standard InChI is InChI=1S/C18H16N4O2/c23-20-19-18-17(12-11-15-7-3-1-4-8-15)22(21-24-18)14-13-16-9-5-2-6-10-16/h1-12H,13-14H2/b12-11+. The number of aromatic nitrogens is 2. The third-order valence-corrected chi connectivity index (χ3v) is 3.54. The van der Waals surface area contributed by atoms with Crippen LogP contribution < -0.4 is 4.68 Å². The van der Waals surface area contributed by atoms with Crippen LogP contribution in [0.5, 0.6) is 0 Å². The van der Waals surface area contributed by atoms with Gasteiger partial charge >= 0.3 is 11.6 Å². The summed E-state index contributed by atoms with van der Waals surface area (Å²) in [5.74, 6) is 0.102. The van der Waals surface area contributed by atoms with Gasteiger partial charge in [0.05, 0.1) is 0 Å². The highest BCUT2D eigenvalue weighted by atomic mass is 16.5. The second kappa shape index (κ2) is 7.82. The first-order valence-electron chi connectivity index (χ1n) is 7.57. The zero-order chi connectivity index (χ0) is 16.6. The Morgan fingerprint density at radius 3 is 2.42 bits per heavy atom. The molecular weight excluding hydrogens is 304 g/mol. The van der Waals surface area contributed by atoms with E-state index >= 15 is 0 Å². The summed E-state index contributed by atoms with van der Waals surface area (Å²) < 4.78 is 6.79. The van der Waals surface area contributed by atoms with Crippen molar-refractivity contribution in [3.05, 3.63) is 82.7 Å². The highest BCUT2D eigenvalue weighted by molar-refractivity contribution is 5.69. The smallest absolute Gasteiger partial charge is 0.346 e. The molecule has 6 nitrogen and oxygen atoms in total. The van der Waals surface area contributed by atoms with E-state index in [1.165, 1.54) is 5.56 Å². The molecule has 0 unspecified atom stereocenters. The Hall–Kier alpha value is -3.28. The Morgan fingerprint density at radius 2 is 1.71 bits per heavy atom. The Kier molecular flexibility index (Phi) is 5.09. The zero-order valence-corrected chi connectivity index (χ0v) is 12.9. The summed E-state index contributed by atoms with van der Waals surface area (Å²) in [6.07, 6.45) is 4.52. The lowest BCUT2D eigenvalue weighted by atomic mass is 10.1. The molecule has 2 aromatic carbocycles. The Bertz CT molecular complexity index is 827. The maximum Gasteiger partial charge on any atom is 0.346 e. The normalized spacial score (nSPS) is 11.5. The Morgan fingerprint density at radius 1 is 1.00 bits per heavy atom. The molecule has 1 aromatic heterocycles. The molecule has 0 aliphatic carbocycles. The maximum absolute atomic E-state index is 10.5. The molecule has 0 N–H and O–H groups in total. The van der Waals surface area contributed by atoms with Crippen LogP contribution in [0, 0.1) is 5.21 Å². The van der Waals surface area contributed by atoms with Crippen LogP contribution in [0.4, 0.5) is 5.88 Å². The quantitative estimate of drug-likeness (QED) is 0.392. The average molecular weight is 320 g/mol. The highest BCUT2D eigenvalue weighted by Crippen LogP contribution is 2.18. The van der Waals surface area contributed by atoms with Gasteiger partial charge < -0.3 is 5.21 Å². The van der Waals surface area contributed by atoms with Crippen LogP contribution in [0.2, 0.25) is 0 Å². The molecule has 3 aromatic rings. The molecule has 0 atom stereocenters. The second-order valence-electron chi connectivity index (χ2n) is 5.15. The first-order valence-corrected chi connectivity index (χ1v) is 7.57. The van der Waals surface area contributed by atoms with Gasteiger partial charge in [0.25, 0.3) is 0 Å². The summed E-state index contributed by atoms with van der Waals surface area (Å²) in [6, 6.07) is 19.9. The van der Waals surface area contributed by atoms with E-state index in [9.17, 15) is 5.21 Å². The molecule has 0 spiro atoms. The monoisotopic (exact) mass is 320 g/mol. The van der Waals surface area contributed by atoms with Crippen molar-refractivity contribution in [1.82, 2.24) is 5.27 Å². The van der Waals surface area contributed by atoms with Crippen molar-refractivity contribution in [2.24, 2.45) is 10.4 Å². The number of rotatable bonds is 6. The van der Waals surface area contributed by atoms with Crippen molar-refractivity contribution in [3.63, 3.8) is 0 Å². The molecule has 0 radical (unpaired) electrons. The molecule has 0 aliphatic heterocycles. The molecule has 3 rings (SSSR count). The maximum atomic E-state index is 10.5. The lowest BCUT2D eigenvalue weighted by Gasteiger charge is -1.95. The minimum absolute atomic E-state index is 0.102. The lowest BCUT2D eigenvalue weighted by Crippen LogP contribution is -2.39. The van der Waals surface area contributed by atoms with Gasteiger partial charge in [-0.3, -0.25) is 4.52 Å². The summed E-state index contributed by atoms with van der Waals surface area (Å²) in [7, 11) is 0. The zero-order valence-electron chi connectivity index (χ0n) is 12.9. The molecule has 24 heavy (non-hydrogen) atoms. The fraction of sp³-hybridized carbons (Fsp3) is 0.111. The summed E-state index contributed by atoms with van der Waals surface area (Å²) in [5.41, 5.74) is 2.82. The fourth-order valence-corrected chi connectivity index (χ4v) is 2.33. The minimum Gasteiger partial charge on any atom is -0.775 e. The lowest BCUT2D eigenvalue weighted by molar-refractivity contribution is -0.763. The van der Waals surface area contributed by atoms with Gasteiger partial charge in [0.15, 0.2) is 6.54 Å². The molecule has 120 valence electrons. The van der Waals surface area contributed by atoms with Crippen LogP contribution in [0.3, 0.4) is 0 Å². The fourth-order valence-electron chi connectivity index (χ4n) is 2.33. The molecule has 0 aliphatic rings. The van der Waals surface area contributed by atoms with Crippen molar-refractivity contribution in [2.75, 3.05) is 0 Å². The van der Waals surface area contributed by atoms with Gasteiger partial charge in [-0.25, -0.2) is 5.28 Å². The van der Waals surface area contributed by atoms with Gasteiger partial charge in [0.2, 0.25) is 5.27 Å². The Balaban J connectivity index is 1.82. The third kappa shape index (κ3) is 3.92. The van der Waals surface area contributed by atoms with Crippen LogP contribution >= 0.6 is 0 Å². The minimum atomic E-state index is 0.102. The summed E-state index contributed by atoms with van der Waals surface area (Å²) in [5, 5.41) is 20.4. The number of hydrogen-bond acceptors (Lipinski definition) is 5. The van der Waals surface area contributed by atoms with Crippen LogP contribution in [0.15, 0.2) is 75.6 Å². The predicted molar refractivity (Wildman–Crippen MR) is 90.1 cm³/mol. The van der Waals surface area contributed by atoms with Crippen LogP contribution in [-0.4, -0.2) is 5.27 Å². The van der Waals surface area contributed by atoms with E-state index < -0.39 is 0 Å². The van der Waals surface area contributed by atoms with Gasteiger partial charge in [-0.15, -0.1) is 5.11 Å². The van der Waals surface area contributed by atoms with Gasteiger partial charge in [0, 0.05) is 12.5 Å². The third-order valence-electron chi connectivity index (χ3n) is 3.54. The first-order chi connectivity index (χ1) is 11.9. The van der Waals surface area contributed by atoms with Crippen LogP contribution in [0.1, 0.15) is 16.8 Å². The molecule has 0 amide bonds. The van der Waals surface area contributed by atoms with E-state index in [2.05, 4.69) is 27.8 Å². The number of hydrogen-bond donors (Lipinski definition) is 0. The van der Waals surface area contributed by atoms with E-state index in [-0.39, 0.29) is 5.88 Å². The van der Waals surface area contributed by atoms with Gasteiger partial charge in [-0.05, 0) is 21.9 Å². The van der Waals surface area contributed by atoms with Crippen molar-refractivity contribution < 1.29 is 9.20 Å². The van der Waals surface area contributed by atoms with E-state index in [1.807, 2.05) is 60.7 Å². The summed E-state index contributed by atoms with van der Waals surface area (Å²) >= 11 is 0. The highest BCUT2D eigenvalue weighted by Gasteiger charge is 2.21. The summed E-state index contributed by atoms with van der Waals surface area (Å²) in [4.78, 5) is 0. The first kappa shape index (κ1) is 15.6. The topological polar surface area (TPSA) is 77.7 Å². The molecule has 0 bridgehead atoms. The molecule has 1 heterocycles. The molecule has 0 saturated carbocycles. The van der Waals surface area contributed by atoms with Crippen LogP contribution in [-0.2, 0) is 13.0 Å². The predicted octanol–water partition coefficient (Wildman–Crippen LogP) is 3.96. The molecule has 0 saturated heterocycles. The van der Waals surface area contributed by atoms with Gasteiger partial charge in [-0.2, -0.15) is 0 Å². The number of aryl methyl sites for hydroxylation is 2. The number of benzene rings is 2. The Labute approximate surface area is 139 Å². The molecular formula is C18H16N4O2. The number of nitrogens with zero attached hydrogens (tertiary/aromatic N) is 4. The SMILES string of the molecule is [O-]/N=N/c1on[n+](CCc2ccccc2)c1/C=C/c1ccccc1. The van der Waals surface area contributed by atoms with E-state index in [0.717, 1.165) is 12.0 Å².